The van der Waals surface area contributed by atoms with Gasteiger partial charge in [0.15, 0.2) is 0 Å². The number of amides is 1. The summed E-state index contributed by atoms with van der Waals surface area (Å²) in [6, 6.07) is 19.4. The van der Waals surface area contributed by atoms with Crippen molar-refractivity contribution in [3.8, 4) is 11.5 Å². The van der Waals surface area contributed by atoms with Gasteiger partial charge in [-0.2, -0.15) is 0 Å². The average Bonchev–Trinajstić information content (AvgIpc) is 3.21. The topological polar surface area (TPSA) is 76.1 Å². The lowest BCUT2D eigenvalue weighted by molar-refractivity contribution is -0.132. The maximum absolute atomic E-state index is 13.5. The number of ether oxygens (including phenoxy) is 2. The van der Waals surface area contributed by atoms with Crippen LogP contribution in [0.5, 0.6) is 11.5 Å². The SMILES string of the molecule is CCCOc1cccc(C2/C(=C(/O)c3ccc4c(c3)CCCC4)C(=O)C(=O)N2c2cccc(OC)c2)c1. The molecule has 3 aromatic carbocycles. The van der Waals surface area contributed by atoms with E-state index in [9.17, 15) is 14.7 Å². The number of carbonyl (C=O) groups is 2. The van der Waals surface area contributed by atoms with E-state index in [4.69, 9.17) is 9.47 Å². The molecule has 0 aromatic heterocycles. The van der Waals surface area contributed by atoms with E-state index in [0.29, 0.717) is 34.9 Å². The second-order valence-corrected chi connectivity index (χ2v) is 9.48. The molecule has 1 fully saturated rings. The zero-order valence-electron chi connectivity index (χ0n) is 21.2. The van der Waals surface area contributed by atoms with E-state index in [-0.39, 0.29) is 11.3 Å². The molecule has 1 atom stereocenters. The van der Waals surface area contributed by atoms with E-state index in [1.165, 1.54) is 16.0 Å². The Hall–Kier alpha value is -4.06. The largest absolute Gasteiger partial charge is 0.507 e. The van der Waals surface area contributed by atoms with Crippen LogP contribution in [-0.2, 0) is 22.4 Å². The third-order valence-corrected chi connectivity index (χ3v) is 7.04. The fourth-order valence-electron chi connectivity index (χ4n) is 5.21. The molecule has 1 saturated heterocycles. The molecule has 37 heavy (non-hydrogen) atoms. The summed E-state index contributed by atoms with van der Waals surface area (Å²) in [5.41, 5.74) is 4.26. The molecule has 1 aliphatic carbocycles. The number of nitrogens with zero attached hydrogens (tertiary/aromatic N) is 1. The zero-order chi connectivity index (χ0) is 25.9. The van der Waals surface area contributed by atoms with Gasteiger partial charge in [0, 0.05) is 17.3 Å². The first kappa shape index (κ1) is 24.6. The highest BCUT2D eigenvalue weighted by Gasteiger charge is 2.47. The number of hydrogen-bond acceptors (Lipinski definition) is 5. The van der Waals surface area contributed by atoms with Crippen molar-refractivity contribution in [2.75, 3.05) is 18.6 Å². The van der Waals surface area contributed by atoms with E-state index < -0.39 is 17.7 Å². The Labute approximate surface area is 217 Å². The molecule has 1 amide bonds. The van der Waals surface area contributed by atoms with Gasteiger partial charge in [-0.3, -0.25) is 14.5 Å². The quantitative estimate of drug-likeness (QED) is 0.247. The summed E-state index contributed by atoms with van der Waals surface area (Å²) in [6.45, 7) is 2.58. The molecule has 0 spiro atoms. The van der Waals surface area contributed by atoms with Crippen LogP contribution in [0.2, 0.25) is 0 Å². The van der Waals surface area contributed by atoms with E-state index in [2.05, 4.69) is 0 Å². The predicted molar refractivity (Wildman–Crippen MR) is 143 cm³/mol. The number of hydrogen-bond donors (Lipinski definition) is 1. The maximum Gasteiger partial charge on any atom is 0.300 e. The van der Waals surface area contributed by atoms with E-state index in [1.807, 2.05) is 49.4 Å². The van der Waals surface area contributed by atoms with Gasteiger partial charge in [-0.1, -0.05) is 37.3 Å². The summed E-state index contributed by atoms with van der Waals surface area (Å²) in [6.07, 6.45) is 5.06. The first-order valence-corrected chi connectivity index (χ1v) is 12.8. The Morgan fingerprint density at radius 1 is 0.946 bits per heavy atom. The fraction of sp³-hybridized carbons (Fsp3) is 0.290. The van der Waals surface area contributed by atoms with Crippen LogP contribution < -0.4 is 14.4 Å². The molecule has 190 valence electrons. The minimum atomic E-state index is -0.826. The van der Waals surface area contributed by atoms with Crippen LogP contribution in [0.1, 0.15) is 54.5 Å². The first-order chi connectivity index (χ1) is 18.0. The molecular weight excluding hydrogens is 466 g/mol. The second-order valence-electron chi connectivity index (χ2n) is 9.48. The van der Waals surface area contributed by atoms with Crippen LogP contribution in [-0.4, -0.2) is 30.5 Å². The maximum atomic E-state index is 13.5. The Morgan fingerprint density at radius 2 is 1.70 bits per heavy atom. The van der Waals surface area contributed by atoms with Gasteiger partial charge < -0.3 is 14.6 Å². The number of aliphatic hydroxyl groups excluding tert-OH is 1. The van der Waals surface area contributed by atoms with Crippen molar-refractivity contribution >= 4 is 23.1 Å². The van der Waals surface area contributed by atoms with Crippen LogP contribution >= 0.6 is 0 Å². The summed E-state index contributed by atoms with van der Waals surface area (Å²) >= 11 is 0. The number of carbonyl (C=O) groups excluding carboxylic acids is 2. The number of Topliss-reactive ketones (excluding diaryl/α,β-unsaturated/α-hetero) is 1. The normalized spacial score (nSPS) is 18.5. The minimum Gasteiger partial charge on any atom is -0.507 e. The smallest absolute Gasteiger partial charge is 0.300 e. The van der Waals surface area contributed by atoms with Gasteiger partial charge >= 0.3 is 0 Å². The molecule has 1 aliphatic heterocycles. The summed E-state index contributed by atoms with van der Waals surface area (Å²) < 4.78 is 11.2. The van der Waals surface area contributed by atoms with Crippen LogP contribution in [0.15, 0.2) is 72.3 Å². The lowest BCUT2D eigenvalue weighted by Gasteiger charge is -2.26. The zero-order valence-corrected chi connectivity index (χ0v) is 21.2. The summed E-state index contributed by atoms with van der Waals surface area (Å²) in [5, 5.41) is 11.5. The fourth-order valence-corrected chi connectivity index (χ4v) is 5.21. The molecule has 2 aliphatic rings. The van der Waals surface area contributed by atoms with Crippen molar-refractivity contribution in [1.82, 2.24) is 0 Å². The number of benzene rings is 3. The van der Waals surface area contributed by atoms with Crippen molar-refractivity contribution in [3.05, 3.63) is 94.6 Å². The second kappa shape index (κ2) is 10.5. The Kier molecular flexibility index (Phi) is 6.99. The summed E-state index contributed by atoms with van der Waals surface area (Å²) in [7, 11) is 1.55. The number of ketones is 1. The predicted octanol–water partition coefficient (Wildman–Crippen LogP) is 5.99. The number of methoxy groups -OCH3 is 1. The van der Waals surface area contributed by atoms with E-state index in [1.54, 1.807) is 31.4 Å². The van der Waals surface area contributed by atoms with Crippen molar-refractivity contribution in [2.24, 2.45) is 0 Å². The Morgan fingerprint density at radius 3 is 2.49 bits per heavy atom. The average molecular weight is 498 g/mol. The summed E-state index contributed by atoms with van der Waals surface area (Å²) in [5.74, 6) is -0.375. The molecule has 1 N–H and O–H groups in total. The van der Waals surface area contributed by atoms with Crippen molar-refractivity contribution in [3.63, 3.8) is 0 Å². The van der Waals surface area contributed by atoms with Crippen LogP contribution in [0.3, 0.4) is 0 Å². The van der Waals surface area contributed by atoms with E-state index >= 15 is 0 Å². The Bertz CT molecular complexity index is 1380. The standard InChI is InChI=1S/C31H31NO5/c1-3-16-37-26-13-6-10-22(18-26)28-27(29(33)23-15-14-20-8-4-5-9-21(20)17-23)30(34)31(35)32(28)24-11-7-12-25(19-24)36-2/h6-7,10-15,17-19,28,33H,3-5,8-9,16H2,1-2H3/b29-27-. The van der Waals surface area contributed by atoms with Gasteiger partial charge in [0.2, 0.25) is 0 Å². The number of aliphatic hydroxyl groups is 1. The molecule has 6 nitrogen and oxygen atoms in total. The van der Waals surface area contributed by atoms with Gasteiger partial charge in [0.1, 0.15) is 17.3 Å². The highest BCUT2D eigenvalue weighted by Crippen LogP contribution is 2.43. The number of aryl methyl sites for hydroxylation is 2. The van der Waals surface area contributed by atoms with E-state index in [0.717, 1.165) is 32.1 Å². The third kappa shape index (κ3) is 4.71. The van der Waals surface area contributed by atoms with Crippen LogP contribution in [0.25, 0.3) is 5.76 Å². The van der Waals surface area contributed by atoms with Gasteiger partial charge in [-0.05, 0) is 79.1 Å². The highest BCUT2D eigenvalue weighted by molar-refractivity contribution is 6.51. The minimum absolute atomic E-state index is 0.0659. The number of fused-ring (bicyclic) bond motifs is 1. The lowest BCUT2D eigenvalue weighted by Crippen LogP contribution is -2.29. The van der Waals surface area contributed by atoms with Gasteiger partial charge in [0.05, 0.1) is 25.3 Å². The van der Waals surface area contributed by atoms with Gasteiger partial charge in [-0.15, -0.1) is 0 Å². The number of anilines is 1. The monoisotopic (exact) mass is 497 g/mol. The first-order valence-electron chi connectivity index (χ1n) is 12.8. The molecule has 0 radical (unpaired) electrons. The molecule has 6 heteroatoms. The highest BCUT2D eigenvalue weighted by atomic mass is 16.5. The third-order valence-electron chi connectivity index (χ3n) is 7.04. The molecule has 0 bridgehead atoms. The van der Waals surface area contributed by atoms with Crippen LogP contribution in [0, 0.1) is 0 Å². The molecule has 0 saturated carbocycles. The molecule has 1 unspecified atom stereocenters. The van der Waals surface area contributed by atoms with Crippen molar-refractivity contribution in [1.29, 1.82) is 0 Å². The molecule has 3 aromatic rings. The number of rotatable bonds is 7. The van der Waals surface area contributed by atoms with Crippen LogP contribution in [0.4, 0.5) is 5.69 Å². The molecular formula is C31H31NO5. The van der Waals surface area contributed by atoms with Gasteiger partial charge in [0.25, 0.3) is 11.7 Å². The van der Waals surface area contributed by atoms with Crippen molar-refractivity contribution in [2.45, 2.75) is 45.1 Å². The summed E-state index contributed by atoms with van der Waals surface area (Å²) in [4.78, 5) is 28.4. The Balaban J connectivity index is 1.67. The lowest BCUT2D eigenvalue weighted by atomic mass is 9.88. The van der Waals surface area contributed by atoms with Gasteiger partial charge in [-0.25, -0.2) is 0 Å². The molecule has 5 rings (SSSR count). The molecule has 1 heterocycles. The van der Waals surface area contributed by atoms with Crippen molar-refractivity contribution < 1.29 is 24.2 Å².